The van der Waals surface area contributed by atoms with Gasteiger partial charge in [-0.25, -0.2) is 4.99 Å². The number of aliphatic imine (C=N–C) groups is 1. The van der Waals surface area contributed by atoms with E-state index in [0.717, 1.165) is 56.0 Å². The van der Waals surface area contributed by atoms with Crippen LogP contribution in [0.25, 0.3) is 0 Å². The number of guanidine groups is 1. The number of fused-ring (bicyclic) bond motifs is 1. The van der Waals surface area contributed by atoms with Gasteiger partial charge < -0.3 is 14.8 Å². The minimum atomic E-state index is 0. The monoisotopic (exact) mass is 526 g/mol. The normalized spacial score (nSPS) is 19.0. The van der Waals surface area contributed by atoms with Crippen LogP contribution < -0.4 is 5.32 Å². The van der Waals surface area contributed by atoms with Gasteiger partial charge in [-0.3, -0.25) is 0 Å². The third-order valence-corrected chi connectivity index (χ3v) is 6.70. The molecule has 1 atom stereocenters. The quantitative estimate of drug-likeness (QED) is 0.269. The maximum absolute atomic E-state index is 4.90. The third kappa shape index (κ3) is 5.87. The van der Waals surface area contributed by atoms with E-state index in [1.54, 1.807) is 0 Å². The Labute approximate surface area is 195 Å². The first-order valence-electron chi connectivity index (χ1n) is 10.5. The summed E-state index contributed by atoms with van der Waals surface area (Å²) in [5.41, 5.74) is 0. The molecule has 29 heavy (non-hydrogen) atoms. The Morgan fingerprint density at radius 1 is 1.21 bits per heavy atom. The van der Waals surface area contributed by atoms with E-state index in [2.05, 4.69) is 62.2 Å². The van der Waals surface area contributed by atoms with Crippen molar-refractivity contribution >= 4 is 41.7 Å². The van der Waals surface area contributed by atoms with Crippen molar-refractivity contribution in [1.29, 1.82) is 0 Å². The summed E-state index contributed by atoms with van der Waals surface area (Å²) in [5, 5.41) is 12.2. The second-order valence-corrected chi connectivity index (χ2v) is 8.63. The molecule has 1 aromatic carbocycles. The summed E-state index contributed by atoms with van der Waals surface area (Å²) in [6, 6.07) is 10.7. The van der Waals surface area contributed by atoms with Crippen LogP contribution in [0.1, 0.15) is 37.8 Å². The van der Waals surface area contributed by atoms with Crippen molar-refractivity contribution in [1.82, 2.24) is 25.0 Å². The topological polar surface area (TPSA) is 58.3 Å². The lowest BCUT2D eigenvalue weighted by Gasteiger charge is -2.22. The van der Waals surface area contributed by atoms with Crippen LogP contribution in [0, 0.1) is 5.92 Å². The Balaban J connectivity index is 0.00000240. The molecule has 0 radical (unpaired) electrons. The molecule has 0 amide bonds. The van der Waals surface area contributed by atoms with Crippen LogP contribution in [0.3, 0.4) is 0 Å². The molecule has 158 valence electrons. The smallest absolute Gasteiger partial charge is 0.194 e. The molecule has 1 aromatic heterocycles. The molecule has 2 aromatic rings. The van der Waals surface area contributed by atoms with Crippen molar-refractivity contribution in [3.8, 4) is 0 Å². The maximum atomic E-state index is 4.90. The number of hydrogen-bond acceptors (Lipinski definition) is 4. The van der Waals surface area contributed by atoms with Crippen molar-refractivity contribution in [3.05, 3.63) is 42.0 Å². The standard InChI is InChI=1S/C21H30N6S.HI/c1-2-22-21(23-14-20-25-24-19-10-6-7-12-27(19)20)26-13-11-17(15-26)16-28-18-8-4-3-5-9-18;/h3-5,8-9,17H,2,6-7,10-16H2,1H3,(H,22,23);1H. The molecule has 2 aliphatic heterocycles. The van der Waals surface area contributed by atoms with Crippen LogP contribution >= 0.6 is 35.7 Å². The summed E-state index contributed by atoms with van der Waals surface area (Å²) in [5.74, 6) is 5.01. The molecule has 2 aliphatic rings. The highest BCUT2D eigenvalue weighted by Crippen LogP contribution is 2.26. The summed E-state index contributed by atoms with van der Waals surface area (Å²) in [4.78, 5) is 8.67. The van der Waals surface area contributed by atoms with Gasteiger partial charge in [0.2, 0.25) is 0 Å². The lowest BCUT2D eigenvalue weighted by molar-refractivity contribution is 0.472. The van der Waals surface area contributed by atoms with E-state index in [9.17, 15) is 0 Å². The molecule has 0 spiro atoms. The highest BCUT2D eigenvalue weighted by Gasteiger charge is 2.25. The van der Waals surface area contributed by atoms with Gasteiger partial charge in [-0.05, 0) is 44.2 Å². The van der Waals surface area contributed by atoms with E-state index in [-0.39, 0.29) is 24.0 Å². The van der Waals surface area contributed by atoms with Gasteiger partial charge in [-0.1, -0.05) is 18.2 Å². The number of benzene rings is 1. The fourth-order valence-corrected chi connectivity index (χ4v) is 5.00. The van der Waals surface area contributed by atoms with Gasteiger partial charge in [0.25, 0.3) is 0 Å². The fourth-order valence-electron chi connectivity index (χ4n) is 3.95. The van der Waals surface area contributed by atoms with E-state index >= 15 is 0 Å². The average molecular weight is 526 g/mol. The lowest BCUT2D eigenvalue weighted by atomic mass is 10.2. The zero-order valence-electron chi connectivity index (χ0n) is 17.1. The van der Waals surface area contributed by atoms with Crippen LogP contribution in [0.5, 0.6) is 0 Å². The van der Waals surface area contributed by atoms with Crippen LogP contribution in [-0.2, 0) is 19.5 Å². The second kappa shape index (κ2) is 11.2. The fraction of sp³-hybridized carbons (Fsp3) is 0.571. The molecule has 0 bridgehead atoms. The van der Waals surface area contributed by atoms with Gasteiger partial charge in [-0.15, -0.1) is 45.9 Å². The van der Waals surface area contributed by atoms with E-state index in [0.29, 0.717) is 12.5 Å². The number of aromatic nitrogens is 3. The van der Waals surface area contributed by atoms with Gasteiger partial charge in [0.05, 0.1) is 0 Å². The van der Waals surface area contributed by atoms with Crippen LogP contribution in [-0.4, -0.2) is 51.0 Å². The summed E-state index contributed by atoms with van der Waals surface area (Å²) in [7, 11) is 0. The minimum absolute atomic E-state index is 0. The van der Waals surface area contributed by atoms with Gasteiger partial charge in [0.1, 0.15) is 12.4 Å². The van der Waals surface area contributed by atoms with Crippen molar-refractivity contribution < 1.29 is 0 Å². The first-order chi connectivity index (χ1) is 13.8. The SMILES string of the molecule is CCNC(=NCc1nnc2n1CCCC2)N1CCC(CSc2ccccc2)C1.I. The van der Waals surface area contributed by atoms with Gasteiger partial charge >= 0.3 is 0 Å². The molecule has 1 unspecified atom stereocenters. The third-order valence-electron chi connectivity index (χ3n) is 5.46. The molecule has 1 fully saturated rings. The van der Waals surface area contributed by atoms with Crippen LogP contribution in [0.2, 0.25) is 0 Å². The molecule has 0 aliphatic carbocycles. The van der Waals surface area contributed by atoms with Crippen molar-refractivity contribution in [2.24, 2.45) is 10.9 Å². The summed E-state index contributed by atoms with van der Waals surface area (Å²) < 4.78 is 2.26. The minimum Gasteiger partial charge on any atom is -0.357 e. The number of rotatable bonds is 6. The summed E-state index contributed by atoms with van der Waals surface area (Å²) in [6.07, 6.45) is 4.71. The van der Waals surface area contributed by atoms with Crippen LogP contribution in [0.4, 0.5) is 0 Å². The molecule has 6 nitrogen and oxygen atoms in total. The van der Waals surface area contributed by atoms with E-state index in [4.69, 9.17) is 4.99 Å². The number of likely N-dealkylation sites (tertiary alicyclic amines) is 1. The van der Waals surface area contributed by atoms with Gasteiger partial charge in [0, 0.05) is 43.2 Å². The second-order valence-electron chi connectivity index (χ2n) is 7.54. The average Bonchev–Trinajstić information content (AvgIpc) is 3.38. The summed E-state index contributed by atoms with van der Waals surface area (Å²) >= 11 is 1.96. The van der Waals surface area contributed by atoms with Gasteiger partial charge in [0.15, 0.2) is 11.8 Å². The van der Waals surface area contributed by atoms with Crippen molar-refractivity contribution in [2.75, 3.05) is 25.4 Å². The molecule has 4 rings (SSSR count). The zero-order valence-corrected chi connectivity index (χ0v) is 20.2. The Morgan fingerprint density at radius 3 is 2.90 bits per heavy atom. The zero-order chi connectivity index (χ0) is 19.2. The number of nitrogens with one attached hydrogen (secondary N) is 1. The molecule has 0 saturated carbocycles. The Kier molecular flexibility index (Phi) is 8.65. The Hall–Kier alpha value is -1.29. The Bertz CT molecular complexity index is 794. The number of thioether (sulfide) groups is 1. The summed E-state index contributed by atoms with van der Waals surface area (Å²) in [6.45, 7) is 6.80. The van der Waals surface area contributed by atoms with E-state index in [1.165, 1.54) is 24.2 Å². The lowest BCUT2D eigenvalue weighted by Crippen LogP contribution is -2.40. The molecule has 8 heteroatoms. The molecular formula is C21H31IN6S. The number of hydrogen-bond donors (Lipinski definition) is 1. The van der Waals surface area contributed by atoms with Crippen LogP contribution in [0.15, 0.2) is 40.2 Å². The molecular weight excluding hydrogens is 495 g/mol. The highest BCUT2D eigenvalue weighted by molar-refractivity contribution is 14.0. The molecule has 1 N–H and O–H groups in total. The van der Waals surface area contributed by atoms with Gasteiger partial charge in [-0.2, -0.15) is 0 Å². The number of nitrogens with zero attached hydrogens (tertiary/aromatic N) is 5. The highest BCUT2D eigenvalue weighted by atomic mass is 127. The van der Waals surface area contributed by atoms with Crippen molar-refractivity contribution in [3.63, 3.8) is 0 Å². The molecule has 3 heterocycles. The first-order valence-corrected chi connectivity index (χ1v) is 11.4. The predicted octanol–water partition coefficient (Wildman–Crippen LogP) is 3.81. The number of halogens is 1. The molecule has 1 saturated heterocycles. The first kappa shape index (κ1) is 22.4. The predicted molar refractivity (Wildman–Crippen MR) is 130 cm³/mol. The van der Waals surface area contributed by atoms with E-state index in [1.807, 2.05) is 11.8 Å². The van der Waals surface area contributed by atoms with Crippen molar-refractivity contribution in [2.45, 2.75) is 50.6 Å². The largest absolute Gasteiger partial charge is 0.357 e. The maximum Gasteiger partial charge on any atom is 0.194 e. The van der Waals surface area contributed by atoms with E-state index < -0.39 is 0 Å². The Morgan fingerprint density at radius 2 is 2.07 bits per heavy atom. The number of aryl methyl sites for hydroxylation is 1.